The molecule has 0 aliphatic heterocycles. The number of hydrogen-bond donors (Lipinski definition) is 0. The van der Waals surface area contributed by atoms with Crippen molar-refractivity contribution in [1.29, 1.82) is 0 Å². The number of anilines is 3. The van der Waals surface area contributed by atoms with Crippen LogP contribution in [0.15, 0.2) is 169 Å². The van der Waals surface area contributed by atoms with E-state index in [1.165, 1.54) is 87.9 Å². The summed E-state index contributed by atoms with van der Waals surface area (Å²) in [6, 6.07) is 56.5. The lowest BCUT2D eigenvalue weighted by Crippen LogP contribution is -2.18. The number of benzene rings is 8. The summed E-state index contributed by atoms with van der Waals surface area (Å²) in [5, 5.41) is 10.2. The van der Waals surface area contributed by atoms with E-state index in [1.54, 1.807) is 0 Å². The van der Waals surface area contributed by atoms with Crippen LogP contribution >= 0.6 is 0 Å². The summed E-state index contributed by atoms with van der Waals surface area (Å²) >= 11 is 0. The molecule has 0 saturated heterocycles. The Bertz CT molecular complexity index is 2780. The fourth-order valence-electron chi connectivity index (χ4n) is 8.95. The quantitative estimate of drug-likeness (QED) is 0.171. The van der Waals surface area contributed by atoms with Gasteiger partial charge in [0.15, 0.2) is 0 Å². The molecular weight excluding hydrogens is 615 g/mol. The van der Waals surface area contributed by atoms with Crippen LogP contribution in [-0.4, -0.2) is 0 Å². The van der Waals surface area contributed by atoms with Gasteiger partial charge in [0, 0.05) is 22.4 Å². The van der Waals surface area contributed by atoms with Gasteiger partial charge in [-0.3, -0.25) is 0 Å². The molecule has 0 radical (unpaired) electrons. The normalized spacial score (nSPS) is 16.3. The number of allylic oxidation sites excluding steroid dienone is 4. The molecule has 0 saturated carbocycles. The van der Waals surface area contributed by atoms with Gasteiger partial charge in [-0.25, -0.2) is 0 Å². The number of para-hydroxylation sites is 1. The summed E-state index contributed by atoms with van der Waals surface area (Å²) in [4.78, 5) is 2.49. The molecule has 244 valence electrons. The van der Waals surface area contributed by atoms with Gasteiger partial charge in [0.1, 0.15) is 0 Å². The molecule has 8 aromatic rings. The first-order valence-corrected chi connectivity index (χ1v) is 18.2. The molecule has 8 aromatic carbocycles. The highest BCUT2D eigenvalue weighted by Gasteiger charge is 2.38. The van der Waals surface area contributed by atoms with Crippen LogP contribution in [0, 0.1) is 5.92 Å². The molecule has 0 amide bonds. The lowest BCUT2D eigenvalue weighted by Gasteiger charge is -2.30. The standard InChI is InChI=1S/C50H39N/c1-32-16-27-47-46(28-32)45-26-22-39(31-48(45)50(47,2)3)51(49-15-9-8-14-42(49)36-18-17-33-10-4-5-12-35(33)29-36)38-21-25-41-37(30-38)20-24-43-40-13-7-6-11-34(40)19-23-44(41)43/h4-27,29-32H,28H2,1-3H3. The second kappa shape index (κ2) is 11.3. The van der Waals surface area contributed by atoms with Crippen LogP contribution < -0.4 is 4.90 Å². The van der Waals surface area contributed by atoms with Gasteiger partial charge in [-0.15, -0.1) is 0 Å². The van der Waals surface area contributed by atoms with Gasteiger partial charge in [0.25, 0.3) is 0 Å². The first kappa shape index (κ1) is 29.9. The van der Waals surface area contributed by atoms with Gasteiger partial charge in [-0.05, 0) is 120 Å². The Morgan fingerprint density at radius 2 is 1.18 bits per heavy atom. The van der Waals surface area contributed by atoms with E-state index >= 15 is 0 Å². The summed E-state index contributed by atoms with van der Waals surface area (Å²) < 4.78 is 0. The fraction of sp³-hybridized carbons (Fsp3) is 0.120. The van der Waals surface area contributed by atoms with Gasteiger partial charge in [-0.1, -0.05) is 148 Å². The number of fused-ring (bicyclic) bond motifs is 8. The van der Waals surface area contributed by atoms with Crippen molar-refractivity contribution in [3.05, 3.63) is 181 Å². The zero-order valence-electron chi connectivity index (χ0n) is 29.3. The summed E-state index contributed by atoms with van der Waals surface area (Å²) in [5.41, 5.74) is 11.7. The molecule has 0 heterocycles. The average molecular weight is 654 g/mol. The predicted molar refractivity (Wildman–Crippen MR) is 219 cm³/mol. The highest BCUT2D eigenvalue weighted by molar-refractivity contribution is 6.17. The molecule has 51 heavy (non-hydrogen) atoms. The van der Waals surface area contributed by atoms with E-state index in [-0.39, 0.29) is 5.41 Å². The zero-order chi connectivity index (χ0) is 34.3. The number of nitrogens with zero attached hydrogens (tertiary/aromatic N) is 1. The highest BCUT2D eigenvalue weighted by Crippen LogP contribution is 2.53. The fourth-order valence-corrected chi connectivity index (χ4v) is 8.95. The molecule has 2 aliphatic carbocycles. The highest BCUT2D eigenvalue weighted by atomic mass is 15.1. The Balaban J connectivity index is 1.19. The summed E-state index contributed by atoms with van der Waals surface area (Å²) in [6.45, 7) is 7.13. The van der Waals surface area contributed by atoms with E-state index < -0.39 is 0 Å². The minimum Gasteiger partial charge on any atom is -0.310 e. The van der Waals surface area contributed by atoms with Crippen LogP contribution in [0.4, 0.5) is 17.1 Å². The van der Waals surface area contributed by atoms with Crippen molar-refractivity contribution in [1.82, 2.24) is 0 Å². The van der Waals surface area contributed by atoms with E-state index in [4.69, 9.17) is 0 Å². The summed E-state index contributed by atoms with van der Waals surface area (Å²) in [6.07, 6.45) is 5.89. The van der Waals surface area contributed by atoms with Crippen LogP contribution in [0.2, 0.25) is 0 Å². The predicted octanol–water partition coefficient (Wildman–Crippen LogP) is 14.1. The second-order valence-electron chi connectivity index (χ2n) is 15.1. The van der Waals surface area contributed by atoms with Crippen LogP contribution in [-0.2, 0) is 5.41 Å². The largest absolute Gasteiger partial charge is 0.310 e. The Morgan fingerprint density at radius 3 is 2.04 bits per heavy atom. The van der Waals surface area contributed by atoms with E-state index in [1.807, 2.05) is 0 Å². The molecule has 1 heteroatoms. The van der Waals surface area contributed by atoms with Gasteiger partial charge in [0.2, 0.25) is 0 Å². The Morgan fingerprint density at radius 1 is 0.529 bits per heavy atom. The third-order valence-electron chi connectivity index (χ3n) is 11.6. The second-order valence-corrected chi connectivity index (χ2v) is 15.1. The van der Waals surface area contributed by atoms with Crippen molar-refractivity contribution >= 4 is 65.7 Å². The van der Waals surface area contributed by atoms with Gasteiger partial charge >= 0.3 is 0 Å². The molecule has 0 bridgehead atoms. The smallest absolute Gasteiger partial charge is 0.0540 e. The van der Waals surface area contributed by atoms with Crippen LogP contribution in [0.5, 0.6) is 0 Å². The van der Waals surface area contributed by atoms with E-state index in [2.05, 4.69) is 189 Å². The van der Waals surface area contributed by atoms with E-state index in [0.717, 1.165) is 12.1 Å². The molecule has 0 spiro atoms. The third kappa shape index (κ3) is 4.68. The first-order valence-electron chi connectivity index (χ1n) is 18.2. The van der Waals surface area contributed by atoms with E-state index in [0.29, 0.717) is 5.92 Å². The monoisotopic (exact) mass is 653 g/mol. The molecule has 0 fully saturated rings. The molecule has 10 rings (SSSR count). The van der Waals surface area contributed by atoms with Gasteiger partial charge in [-0.2, -0.15) is 0 Å². The minimum absolute atomic E-state index is 0.0636. The Hall–Kier alpha value is -5.92. The average Bonchev–Trinajstić information content (AvgIpc) is 3.39. The minimum atomic E-state index is -0.0636. The van der Waals surface area contributed by atoms with Crippen molar-refractivity contribution < 1.29 is 0 Å². The molecule has 0 N–H and O–H groups in total. The zero-order valence-corrected chi connectivity index (χ0v) is 29.3. The van der Waals surface area contributed by atoms with Crippen molar-refractivity contribution in [3.63, 3.8) is 0 Å². The van der Waals surface area contributed by atoms with Gasteiger partial charge in [0.05, 0.1) is 5.69 Å². The number of hydrogen-bond acceptors (Lipinski definition) is 1. The maximum absolute atomic E-state index is 2.49. The topological polar surface area (TPSA) is 3.24 Å². The maximum Gasteiger partial charge on any atom is 0.0540 e. The number of rotatable bonds is 4. The van der Waals surface area contributed by atoms with Crippen molar-refractivity contribution in [3.8, 4) is 11.1 Å². The van der Waals surface area contributed by atoms with Crippen molar-refractivity contribution in [2.24, 2.45) is 5.92 Å². The van der Waals surface area contributed by atoms with Crippen molar-refractivity contribution in [2.45, 2.75) is 32.6 Å². The van der Waals surface area contributed by atoms with Crippen molar-refractivity contribution in [2.75, 3.05) is 4.90 Å². The molecular formula is C50H39N. The molecule has 0 aromatic heterocycles. The van der Waals surface area contributed by atoms with Crippen LogP contribution in [0.3, 0.4) is 0 Å². The lowest BCUT2D eigenvalue weighted by molar-refractivity contribution is 0.643. The molecule has 1 nitrogen and oxygen atoms in total. The SMILES string of the molecule is CC1C=CC2=C(C1)c1ccc(N(c3ccc4c(ccc5c6ccccc6ccc45)c3)c3ccccc3-c3ccc4ccccc4c3)cc1C2(C)C. The summed E-state index contributed by atoms with van der Waals surface area (Å²) in [5.74, 6) is 0.558. The third-order valence-corrected chi connectivity index (χ3v) is 11.6. The molecule has 2 aliphatic rings. The van der Waals surface area contributed by atoms with Gasteiger partial charge < -0.3 is 4.90 Å². The molecule has 1 unspecified atom stereocenters. The summed E-state index contributed by atoms with van der Waals surface area (Å²) in [7, 11) is 0. The first-order chi connectivity index (χ1) is 24.9. The van der Waals surface area contributed by atoms with E-state index in [9.17, 15) is 0 Å². The molecule has 1 atom stereocenters. The van der Waals surface area contributed by atoms with Crippen LogP contribution in [0.25, 0.3) is 59.8 Å². The van der Waals surface area contributed by atoms with Crippen LogP contribution in [0.1, 0.15) is 38.3 Å². The Kier molecular flexibility index (Phi) is 6.64. The maximum atomic E-state index is 2.49. The lowest BCUT2D eigenvalue weighted by atomic mass is 9.79. The Labute approximate surface area is 299 Å².